The van der Waals surface area contributed by atoms with Gasteiger partial charge in [-0.25, -0.2) is 0 Å². The van der Waals surface area contributed by atoms with Crippen LogP contribution in [0.4, 0.5) is 11.7 Å². The molecule has 7 heteroatoms. The van der Waals surface area contributed by atoms with Crippen molar-refractivity contribution >= 4 is 27.6 Å². The summed E-state index contributed by atoms with van der Waals surface area (Å²) in [5.74, 6) is 1.88. The molecule has 0 fully saturated rings. The minimum atomic E-state index is 0.352. The van der Waals surface area contributed by atoms with Crippen LogP contribution >= 0.6 is 15.9 Å². The summed E-state index contributed by atoms with van der Waals surface area (Å²) < 4.78 is 11.6. The third-order valence-corrected chi connectivity index (χ3v) is 3.40. The number of methoxy groups -OCH3 is 1. The van der Waals surface area contributed by atoms with Crippen molar-refractivity contribution in [3.05, 3.63) is 28.6 Å². The normalized spacial score (nSPS) is 10.9. The molecular weight excluding hydrogens is 336 g/mol. The molecule has 1 aromatic heterocycles. The fraction of sp³-hybridized carbons (Fsp3) is 0.429. The maximum atomic E-state index is 5.54. The average molecular weight is 355 g/mol. The number of anilines is 2. The van der Waals surface area contributed by atoms with Gasteiger partial charge in [0.05, 0.1) is 19.3 Å². The zero-order chi connectivity index (χ0) is 15.2. The first-order valence-electron chi connectivity index (χ1n) is 6.72. The Bertz CT molecular complexity index is 586. The number of rotatable bonds is 7. The second-order valence-electron chi connectivity index (χ2n) is 5.00. The summed E-state index contributed by atoms with van der Waals surface area (Å²) >= 11 is 3.46. The Kier molecular flexibility index (Phi) is 5.58. The summed E-state index contributed by atoms with van der Waals surface area (Å²) in [7, 11) is 1.62. The molecule has 114 valence electrons. The van der Waals surface area contributed by atoms with E-state index in [1.54, 1.807) is 7.11 Å². The predicted octanol–water partition coefficient (Wildman–Crippen LogP) is 3.33. The number of ether oxygens (including phenoxy) is 1. The summed E-state index contributed by atoms with van der Waals surface area (Å²) in [5.41, 5.74) is 0.805. The number of hydrogen-bond acceptors (Lipinski definition) is 6. The molecule has 2 N–H and O–H groups in total. The predicted molar refractivity (Wildman–Crippen MR) is 84.8 cm³/mol. The van der Waals surface area contributed by atoms with Crippen molar-refractivity contribution in [1.29, 1.82) is 0 Å². The number of hydrogen-bond donors (Lipinski definition) is 2. The van der Waals surface area contributed by atoms with Gasteiger partial charge in [-0.3, -0.25) is 0 Å². The van der Waals surface area contributed by atoms with Gasteiger partial charge in [0, 0.05) is 10.5 Å². The van der Waals surface area contributed by atoms with Crippen LogP contribution in [0.1, 0.15) is 19.7 Å². The lowest BCUT2D eigenvalue weighted by molar-refractivity contribution is 0.415. The maximum absolute atomic E-state index is 5.54. The highest BCUT2D eigenvalue weighted by molar-refractivity contribution is 9.10. The van der Waals surface area contributed by atoms with E-state index in [2.05, 4.69) is 50.6 Å². The van der Waals surface area contributed by atoms with Gasteiger partial charge in [-0.1, -0.05) is 18.9 Å². The summed E-state index contributed by atoms with van der Waals surface area (Å²) in [6.45, 7) is 5.76. The molecule has 2 rings (SSSR count). The van der Waals surface area contributed by atoms with Crippen molar-refractivity contribution in [3.63, 3.8) is 0 Å². The number of nitrogens with one attached hydrogen (secondary N) is 2. The lowest BCUT2D eigenvalue weighted by Gasteiger charge is -2.07. The third kappa shape index (κ3) is 4.71. The number of benzene rings is 1. The lowest BCUT2D eigenvalue weighted by atomic mass is 10.2. The monoisotopic (exact) mass is 354 g/mol. The third-order valence-electron chi connectivity index (χ3n) is 2.71. The van der Waals surface area contributed by atoms with Gasteiger partial charge in [-0.2, -0.15) is 0 Å². The largest absolute Gasteiger partial charge is 0.497 e. The number of halogens is 1. The molecule has 1 heterocycles. The first kappa shape index (κ1) is 15.8. The van der Waals surface area contributed by atoms with Crippen LogP contribution in [0, 0.1) is 5.92 Å². The summed E-state index contributed by atoms with van der Waals surface area (Å²) in [5, 5.41) is 14.3. The molecule has 21 heavy (non-hydrogen) atoms. The molecule has 0 aliphatic rings. The highest BCUT2D eigenvalue weighted by Gasteiger charge is 2.09. The minimum Gasteiger partial charge on any atom is -0.497 e. The van der Waals surface area contributed by atoms with Crippen LogP contribution in [0.25, 0.3) is 0 Å². The van der Waals surface area contributed by atoms with Crippen molar-refractivity contribution in [2.75, 3.05) is 19.0 Å². The van der Waals surface area contributed by atoms with E-state index in [0.29, 0.717) is 24.4 Å². The van der Waals surface area contributed by atoms with Gasteiger partial charge < -0.3 is 19.8 Å². The molecule has 0 amide bonds. The van der Waals surface area contributed by atoms with Gasteiger partial charge >= 0.3 is 6.01 Å². The molecule has 0 unspecified atom stereocenters. The van der Waals surface area contributed by atoms with Gasteiger partial charge in [0.1, 0.15) is 5.75 Å². The standard InChI is InChI=1S/C14H19BrN4O2/c1-9(2)7-16-8-13-18-19-14(21-13)17-12-6-10(20-3)4-5-11(12)15/h4-6,9,16H,7-8H2,1-3H3,(H,17,19). The Morgan fingerprint density at radius 2 is 2.14 bits per heavy atom. The van der Waals surface area contributed by atoms with E-state index in [4.69, 9.17) is 9.15 Å². The second-order valence-corrected chi connectivity index (χ2v) is 5.85. The number of aromatic nitrogens is 2. The maximum Gasteiger partial charge on any atom is 0.320 e. The Hall–Kier alpha value is -1.60. The first-order chi connectivity index (χ1) is 10.1. The van der Waals surface area contributed by atoms with Crippen LogP contribution in [-0.2, 0) is 6.54 Å². The lowest BCUT2D eigenvalue weighted by Crippen LogP contribution is -2.19. The fourth-order valence-corrected chi connectivity index (χ4v) is 2.03. The van der Waals surface area contributed by atoms with E-state index < -0.39 is 0 Å². The molecular formula is C14H19BrN4O2. The van der Waals surface area contributed by atoms with E-state index in [1.165, 1.54) is 0 Å². The molecule has 0 radical (unpaired) electrons. The van der Waals surface area contributed by atoms with Crippen LogP contribution in [0.3, 0.4) is 0 Å². The molecule has 0 saturated heterocycles. The van der Waals surface area contributed by atoms with Gasteiger partial charge in [0.15, 0.2) is 0 Å². The van der Waals surface area contributed by atoms with Gasteiger partial charge in [0.2, 0.25) is 5.89 Å². The highest BCUT2D eigenvalue weighted by Crippen LogP contribution is 2.29. The van der Waals surface area contributed by atoms with Crippen molar-refractivity contribution in [2.24, 2.45) is 5.92 Å². The summed E-state index contributed by atoms with van der Waals surface area (Å²) in [6.07, 6.45) is 0. The van der Waals surface area contributed by atoms with Crippen LogP contribution in [-0.4, -0.2) is 23.9 Å². The van der Waals surface area contributed by atoms with Crippen molar-refractivity contribution in [3.8, 4) is 5.75 Å². The molecule has 0 aliphatic carbocycles. The molecule has 0 spiro atoms. The summed E-state index contributed by atoms with van der Waals surface area (Å²) in [6, 6.07) is 5.96. The fourth-order valence-electron chi connectivity index (χ4n) is 1.69. The van der Waals surface area contributed by atoms with Crippen LogP contribution < -0.4 is 15.4 Å². The van der Waals surface area contributed by atoms with Crippen LogP contribution in [0.15, 0.2) is 27.1 Å². The molecule has 2 aromatic rings. The van der Waals surface area contributed by atoms with Crippen LogP contribution in [0.5, 0.6) is 5.75 Å². The molecule has 0 atom stereocenters. The first-order valence-corrected chi connectivity index (χ1v) is 7.51. The molecule has 1 aromatic carbocycles. The molecule has 6 nitrogen and oxygen atoms in total. The van der Waals surface area contributed by atoms with Crippen molar-refractivity contribution in [2.45, 2.75) is 20.4 Å². The number of nitrogens with zero attached hydrogens (tertiary/aromatic N) is 2. The minimum absolute atomic E-state index is 0.352. The SMILES string of the molecule is COc1ccc(Br)c(Nc2nnc(CNCC(C)C)o2)c1. The van der Waals surface area contributed by atoms with E-state index in [0.717, 1.165) is 22.5 Å². The molecule has 0 aliphatic heterocycles. The average Bonchev–Trinajstić information content (AvgIpc) is 2.88. The smallest absolute Gasteiger partial charge is 0.320 e. The second kappa shape index (κ2) is 7.42. The van der Waals surface area contributed by atoms with E-state index in [-0.39, 0.29) is 0 Å². The summed E-state index contributed by atoms with van der Waals surface area (Å²) in [4.78, 5) is 0. The van der Waals surface area contributed by atoms with Crippen molar-refractivity contribution in [1.82, 2.24) is 15.5 Å². The van der Waals surface area contributed by atoms with Crippen LogP contribution in [0.2, 0.25) is 0 Å². The van der Waals surface area contributed by atoms with Gasteiger partial charge in [0.25, 0.3) is 0 Å². The van der Waals surface area contributed by atoms with Gasteiger partial charge in [-0.05, 0) is 40.5 Å². The highest BCUT2D eigenvalue weighted by atomic mass is 79.9. The Morgan fingerprint density at radius 1 is 1.33 bits per heavy atom. The zero-order valence-electron chi connectivity index (χ0n) is 12.3. The Balaban J connectivity index is 1.99. The van der Waals surface area contributed by atoms with E-state index >= 15 is 0 Å². The Labute approximate surface area is 132 Å². The molecule has 0 saturated carbocycles. The van der Waals surface area contributed by atoms with E-state index in [9.17, 15) is 0 Å². The topological polar surface area (TPSA) is 72.2 Å². The van der Waals surface area contributed by atoms with Crippen molar-refractivity contribution < 1.29 is 9.15 Å². The quantitative estimate of drug-likeness (QED) is 0.794. The zero-order valence-corrected chi connectivity index (χ0v) is 13.9. The Morgan fingerprint density at radius 3 is 2.86 bits per heavy atom. The van der Waals surface area contributed by atoms with Gasteiger partial charge in [-0.15, -0.1) is 5.10 Å². The molecule has 0 bridgehead atoms. The van der Waals surface area contributed by atoms with E-state index in [1.807, 2.05) is 18.2 Å².